The van der Waals surface area contributed by atoms with Crippen molar-refractivity contribution in [2.75, 3.05) is 6.54 Å². The van der Waals surface area contributed by atoms with Gasteiger partial charge in [0.2, 0.25) is 0 Å². The number of rotatable bonds is 6. The Hall–Kier alpha value is -1.39. The monoisotopic (exact) mass is 248 g/mol. The quantitative estimate of drug-likeness (QED) is 0.735. The van der Waals surface area contributed by atoms with E-state index in [1.54, 1.807) is 11.3 Å². The van der Waals surface area contributed by atoms with Crippen molar-refractivity contribution in [2.45, 2.75) is 20.0 Å². The smallest absolute Gasteiger partial charge is 0.133 e. The van der Waals surface area contributed by atoms with Crippen molar-refractivity contribution in [2.24, 2.45) is 0 Å². The second-order valence-corrected chi connectivity index (χ2v) is 5.00. The highest BCUT2D eigenvalue weighted by molar-refractivity contribution is 7.09. The lowest BCUT2D eigenvalue weighted by Gasteiger charge is -2.18. The molecule has 0 N–H and O–H groups in total. The summed E-state index contributed by atoms with van der Waals surface area (Å²) in [4.78, 5) is 3.64. The van der Waals surface area contributed by atoms with Gasteiger partial charge in [-0.05, 0) is 18.4 Å². The van der Waals surface area contributed by atoms with Crippen LogP contribution >= 0.6 is 11.3 Å². The minimum Gasteiger partial charge on any atom is -0.361 e. The predicted molar refractivity (Wildman–Crippen MR) is 69.9 cm³/mol. The van der Waals surface area contributed by atoms with E-state index in [1.807, 2.05) is 19.1 Å². The number of nitrogens with zero attached hydrogens (tertiary/aromatic N) is 2. The Morgan fingerprint density at radius 1 is 1.53 bits per heavy atom. The van der Waals surface area contributed by atoms with Crippen LogP contribution in [0, 0.1) is 6.92 Å². The molecule has 17 heavy (non-hydrogen) atoms. The molecule has 0 aliphatic rings. The van der Waals surface area contributed by atoms with E-state index in [9.17, 15) is 0 Å². The summed E-state index contributed by atoms with van der Waals surface area (Å²) in [5.41, 5.74) is 0.973. The normalized spacial score (nSPS) is 10.9. The molecule has 0 spiro atoms. The van der Waals surface area contributed by atoms with Gasteiger partial charge in [-0.1, -0.05) is 17.3 Å². The summed E-state index contributed by atoms with van der Waals surface area (Å²) in [6.45, 7) is 8.27. The van der Waals surface area contributed by atoms with Gasteiger partial charge in [0.25, 0.3) is 0 Å². The van der Waals surface area contributed by atoms with Gasteiger partial charge in [-0.2, -0.15) is 0 Å². The Bertz CT molecular complexity index is 461. The zero-order valence-electron chi connectivity index (χ0n) is 9.93. The third-order valence-corrected chi connectivity index (χ3v) is 3.27. The van der Waals surface area contributed by atoms with Gasteiger partial charge in [-0.3, -0.25) is 4.90 Å². The SMILES string of the molecule is C=CCN(Cc1cc(C)on1)Cc1cccs1. The van der Waals surface area contributed by atoms with Crippen LogP contribution in [-0.4, -0.2) is 16.6 Å². The fourth-order valence-electron chi connectivity index (χ4n) is 1.71. The second-order valence-electron chi connectivity index (χ2n) is 3.97. The Morgan fingerprint density at radius 3 is 3.00 bits per heavy atom. The second kappa shape index (κ2) is 5.80. The third kappa shape index (κ3) is 3.54. The average molecular weight is 248 g/mol. The van der Waals surface area contributed by atoms with E-state index < -0.39 is 0 Å². The fourth-order valence-corrected chi connectivity index (χ4v) is 2.46. The molecule has 2 heterocycles. The molecule has 0 aromatic carbocycles. The topological polar surface area (TPSA) is 29.3 Å². The molecular formula is C13H16N2OS. The lowest BCUT2D eigenvalue weighted by Crippen LogP contribution is -2.22. The van der Waals surface area contributed by atoms with Crippen LogP contribution in [0.25, 0.3) is 0 Å². The van der Waals surface area contributed by atoms with E-state index in [1.165, 1.54) is 4.88 Å². The van der Waals surface area contributed by atoms with Crippen LogP contribution < -0.4 is 0 Å². The number of thiophene rings is 1. The minimum absolute atomic E-state index is 0.793. The van der Waals surface area contributed by atoms with Gasteiger partial charge in [-0.25, -0.2) is 0 Å². The molecular weight excluding hydrogens is 232 g/mol. The summed E-state index contributed by atoms with van der Waals surface area (Å²) >= 11 is 1.77. The first-order valence-corrected chi connectivity index (χ1v) is 6.43. The maximum Gasteiger partial charge on any atom is 0.133 e. The zero-order valence-corrected chi connectivity index (χ0v) is 10.7. The number of aryl methyl sites for hydroxylation is 1. The van der Waals surface area contributed by atoms with Crippen LogP contribution in [0.3, 0.4) is 0 Å². The first kappa shape index (κ1) is 12.1. The highest BCUT2D eigenvalue weighted by Gasteiger charge is 2.09. The third-order valence-electron chi connectivity index (χ3n) is 2.41. The Kier molecular flexibility index (Phi) is 4.12. The van der Waals surface area contributed by atoms with Crippen LogP contribution in [0.5, 0.6) is 0 Å². The fraction of sp³-hybridized carbons (Fsp3) is 0.308. The van der Waals surface area contributed by atoms with Gasteiger partial charge in [0.1, 0.15) is 5.76 Å². The average Bonchev–Trinajstić information content (AvgIpc) is 2.91. The van der Waals surface area contributed by atoms with Crippen LogP contribution in [-0.2, 0) is 13.1 Å². The van der Waals surface area contributed by atoms with Crippen molar-refractivity contribution in [3.05, 3.63) is 52.6 Å². The van der Waals surface area contributed by atoms with Crippen LogP contribution in [0.15, 0.2) is 40.8 Å². The maximum absolute atomic E-state index is 5.08. The van der Waals surface area contributed by atoms with E-state index in [-0.39, 0.29) is 0 Å². The van der Waals surface area contributed by atoms with Crippen molar-refractivity contribution in [3.8, 4) is 0 Å². The molecule has 2 aromatic heterocycles. The Morgan fingerprint density at radius 2 is 2.41 bits per heavy atom. The molecule has 0 aliphatic heterocycles. The summed E-state index contributed by atoms with van der Waals surface area (Å²) in [6, 6.07) is 6.20. The van der Waals surface area contributed by atoms with Gasteiger partial charge in [0.15, 0.2) is 0 Å². The Labute approximate surface area is 105 Å². The molecule has 0 atom stereocenters. The highest BCUT2D eigenvalue weighted by atomic mass is 32.1. The summed E-state index contributed by atoms with van der Waals surface area (Å²) in [6.07, 6.45) is 1.92. The van der Waals surface area contributed by atoms with Gasteiger partial charge in [0.05, 0.1) is 5.69 Å². The van der Waals surface area contributed by atoms with E-state index in [0.717, 1.165) is 31.1 Å². The Balaban J connectivity index is 1.99. The number of hydrogen-bond acceptors (Lipinski definition) is 4. The molecule has 0 bridgehead atoms. The molecule has 0 amide bonds. The van der Waals surface area contributed by atoms with Crippen LogP contribution in [0.2, 0.25) is 0 Å². The maximum atomic E-state index is 5.08. The minimum atomic E-state index is 0.793. The molecule has 0 radical (unpaired) electrons. The molecule has 0 saturated heterocycles. The molecule has 2 aromatic rings. The van der Waals surface area contributed by atoms with E-state index >= 15 is 0 Å². The van der Waals surface area contributed by atoms with Crippen molar-refractivity contribution in [3.63, 3.8) is 0 Å². The van der Waals surface area contributed by atoms with Crippen molar-refractivity contribution in [1.29, 1.82) is 0 Å². The standard InChI is InChI=1S/C13H16N2OS/c1-3-6-15(10-13-5-4-7-17-13)9-12-8-11(2)16-14-12/h3-5,7-8H,1,6,9-10H2,2H3. The lowest BCUT2D eigenvalue weighted by atomic mass is 10.3. The van der Waals surface area contributed by atoms with Crippen molar-refractivity contribution >= 4 is 11.3 Å². The summed E-state index contributed by atoms with van der Waals surface area (Å²) < 4.78 is 5.08. The van der Waals surface area contributed by atoms with Crippen molar-refractivity contribution in [1.82, 2.24) is 10.1 Å². The van der Waals surface area contributed by atoms with E-state index in [4.69, 9.17) is 4.52 Å². The van der Waals surface area contributed by atoms with Gasteiger partial charge in [0, 0.05) is 30.6 Å². The van der Waals surface area contributed by atoms with Gasteiger partial charge >= 0.3 is 0 Å². The molecule has 0 saturated carbocycles. The largest absolute Gasteiger partial charge is 0.361 e. The molecule has 2 rings (SSSR count). The summed E-state index contributed by atoms with van der Waals surface area (Å²) in [7, 11) is 0. The highest BCUT2D eigenvalue weighted by Crippen LogP contribution is 2.14. The van der Waals surface area contributed by atoms with E-state index in [2.05, 4.69) is 34.1 Å². The molecule has 4 heteroatoms. The number of aromatic nitrogens is 1. The lowest BCUT2D eigenvalue weighted by molar-refractivity contribution is 0.276. The molecule has 0 aliphatic carbocycles. The molecule has 3 nitrogen and oxygen atoms in total. The van der Waals surface area contributed by atoms with Crippen LogP contribution in [0.1, 0.15) is 16.3 Å². The predicted octanol–water partition coefficient (Wildman–Crippen LogP) is 3.23. The first-order chi connectivity index (χ1) is 8.28. The van der Waals surface area contributed by atoms with Gasteiger partial charge in [-0.15, -0.1) is 17.9 Å². The zero-order chi connectivity index (χ0) is 12.1. The summed E-state index contributed by atoms with van der Waals surface area (Å²) in [5.74, 6) is 0.856. The summed E-state index contributed by atoms with van der Waals surface area (Å²) in [5, 5.41) is 6.12. The van der Waals surface area contributed by atoms with E-state index in [0.29, 0.717) is 0 Å². The molecule has 90 valence electrons. The molecule has 0 fully saturated rings. The van der Waals surface area contributed by atoms with Crippen molar-refractivity contribution < 1.29 is 4.52 Å². The first-order valence-electron chi connectivity index (χ1n) is 5.56. The van der Waals surface area contributed by atoms with Gasteiger partial charge < -0.3 is 4.52 Å². The van der Waals surface area contributed by atoms with Crippen LogP contribution in [0.4, 0.5) is 0 Å². The molecule has 0 unspecified atom stereocenters. The number of hydrogen-bond donors (Lipinski definition) is 0.